The Labute approximate surface area is 121 Å². The Morgan fingerprint density at radius 3 is 2.81 bits per heavy atom. The van der Waals surface area contributed by atoms with Crippen molar-refractivity contribution in [2.24, 2.45) is 7.05 Å². The number of hydrogen-bond acceptors (Lipinski definition) is 5. The Bertz CT molecular complexity index is 775. The minimum absolute atomic E-state index is 0.0803. The molecule has 0 radical (unpaired) electrons. The Morgan fingerprint density at radius 2 is 2.14 bits per heavy atom. The summed E-state index contributed by atoms with van der Waals surface area (Å²) in [7, 11) is 1.69. The highest BCUT2D eigenvalue weighted by Gasteiger charge is 2.28. The first-order valence-electron chi connectivity index (χ1n) is 6.71. The summed E-state index contributed by atoms with van der Waals surface area (Å²) in [6.45, 7) is 4.27. The summed E-state index contributed by atoms with van der Waals surface area (Å²) in [6.07, 6.45) is 0.147. The van der Waals surface area contributed by atoms with Gasteiger partial charge in [-0.05, 0) is 13.8 Å². The molecule has 0 saturated heterocycles. The molecular formula is C14H16N4O3. The van der Waals surface area contributed by atoms with E-state index in [0.29, 0.717) is 35.9 Å². The van der Waals surface area contributed by atoms with Crippen molar-refractivity contribution in [3.63, 3.8) is 0 Å². The fraction of sp³-hybridized carbons (Fsp3) is 0.429. The molecule has 0 N–H and O–H groups in total. The Balaban J connectivity index is 1.80. The Kier molecular flexibility index (Phi) is 3.12. The molecule has 0 atom stereocenters. The molecule has 0 fully saturated rings. The van der Waals surface area contributed by atoms with Gasteiger partial charge >= 0.3 is 0 Å². The van der Waals surface area contributed by atoms with Gasteiger partial charge in [0.2, 0.25) is 5.91 Å². The van der Waals surface area contributed by atoms with E-state index in [1.165, 1.54) is 4.57 Å². The van der Waals surface area contributed by atoms with Crippen molar-refractivity contribution in [3.8, 4) is 0 Å². The molecule has 0 bridgehead atoms. The standard InChI is InChI=1S/C14H16N4O3/c1-8-4-10(21-16-8)5-13(19)18-6-11-12(7-18)15-9(2)17(3)14(11)20/h4H,5-7H2,1-3H3. The van der Waals surface area contributed by atoms with Crippen molar-refractivity contribution < 1.29 is 9.32 Å². The third kappa shape index (κ3) is 2.35. The lowest BCUT2D eigenvalue weighted by Crippen LogP contribution is -2.28. The number of aryl methyl sites for hydroxylation is 2. The Morgan fingerprint density at radius 1 is 1.38 bits per heavy atom. The fourth-order valence-corrected chi connectivity index (χ4v) is 2.46. The van der Waals surface area contributed by atoms with Gasteiger partial charge in [-0.1, -0.05) is 5.16 Å². The smallest absolute Gasteiger partial charge is 0.258 e. The quantitative estimate of drug-likeness (QED) is 0.802. The molecule has 1 aliphatic rings. The van der Waals surface area contributed by atoms with Crippen LogP contribution in [0.3, 0.4) is 0 Å². The van der Waals surface area contributed by atoms with Gasteiger partial charge in [-0.2, -0.15) is 0 Å². The molecule has 0 spiro atoms. The normalized spacial score (nSPS) is 13.6. The van der Waals surface area contributed by atoms with E-state index < -0.39 is 0 Å². The van der Waals surface area contributed by atoms with Gasteiger partial charge in [0.15, 0.2) is 0 Å². The van der Waals surface area contributed by atoms with E-state index in [1.54, 1.807) is 31.9 Å². The summed E-state index contributed by atoms with van der Waals surface area (Å²) >= 11 is 0. The van der Waals surface area contributed by atoms with Gasteiger partial charge in [0.1, 0.15) is 11.6 Å². The first kappa shape index (κ1) is 13.5. The molecule has 1 amide bonds. The van der Waals surface area contributed by atoms with Crippen LogP contribution in [0.25, 0.3) is 0 Å². The Hall–Kier alpha value is -2.44. The second-order valence-corrected chi connectivity index (χ2v) is 5.31. The molecule has 3 heterocycles. The van der Waals surface area contributed by atoms with Crippen LogP contribution in [0.2, 0.25) is 0 Å². The predicted octanol–water partition coefficient (Wildman–Crippen LogP) is 0.470. The zero-order chi connectivity index (χ0) is 15.1. The second-order valence-electron chi connectivity index (χ2n) is 5.31. The van der Waals surface area contributed by atoms with E-state index >= 15 is 0 Å². The highest BCUT2D eigenvalue weighted by Crippen LogP contribution is 2.19. The first-order chi connectivity index (χ1) is 9.95. The van der Waals surface area contributed by atoms with E-state index in [9.17, 15) is 9.59 Å². The van der Waals surface area contributed by atoms with Gasteiger partial charge in [-0.15, -0.1) is 0 Å². The molecule has 7 heteroatoms. The summed E-state index contributed by atoms with van der Waals surface area (Å²) in [4.78, 5) is 30.5. The summed E-state index contributed by atoms with van der Waals surface area (Å²) in [5, 5.41) is 3.76. The van der Waals surface area contributed by atoms with Gasteiger partial charge in [0.05, 0.1) is 36.5 Å². The number of hydrogen-bond donors (Lipinski definition) is 0. The van der Waals surface area contributed by atoms with E-state index in [2.05, 4.69) is 10.1 Å². The minimum Gasteiger partial charge on any atom is -0.361 e. The van der Waals surface area contributed by atoms with E-state index in [0.717, 1.165) is 5.69 Å². The van der Waals surface area contributed by atoms with Crippen LogP contribution in [0, 0.1) is 13.8 Å². The highest BCUT2D eigenvalue weighted by molar-refractivity contribution is 5.78. The molecule has 2 aromatic heterocycles. The lowest BCUT2D eigenvalue weighted by atomic mass is 10.2. The first-order valence-corrected chi connectivity index (χ1v) is 6.71. The van der Waals surface area contributed by atoms with Crippen molar-refractivity contribution in [3.05, 3.63) is 45.0 Å². The van der Waals surface area contributed by atoms with E-state index in [1.807, 2.05) is 0 Å². The van der Waals surface area contributed by atoms with E-state index in [-0.39, 0.29) is 17.9 Å². The molecule has 7 nitrogen and oxygen atoms in total. The maximum Gasteiger partial charge on any atom is 0.258 e. The predicted molar refractivity (Wildman–Crippen MR) is 73.4 cm³/mol. The molecule has 0 saturated carbocycles. The molecule has 0 aliphatic carbocycles. The number of fused-ring (bicyclic) bond motifs is 1. The number of amides is 1. The molecule has 21 heavy (non-hydrogen) atoms. The molecule has 1 aliphatic heterocycles. The van der Waals surface area contributed by atoms with Crippen LogP contribution in [0.1, 0.15) is 28.5 Å². The van der Waals surface area contributed by atoms with Gasteiger partial charge in [0, 0.05) is 13.1 Å². The number of nitrogens with zero attached hydrogens (tertiary/aromatic N) is 4. The number of carbonyl (C=O) groups is 1. The maximum absolute atomic E-state index is 12.3. The second kappa shape index (κ2) is 4.83. The lowest BCUT2D eigenvalue weighted by Gasteiger charge is -2.13. The fourth-order valence-electron chi connectivity index (χ4n) is 2.46. The number of rotatable bonds is 2. The van der Waals surface area contributed by atoms with Crippen LogP contribution >= 0.6 is 0 Å². The third-order valence-electron chi connectivity index (χ3n) is 3.74. The lowest BCUT2D eigenvalue weighted by molar-refractivity contribution is -0.131. The summed E-state index contributed by atoms with van der Waals surface area (Å²) in [5.41, 5.74) is 1.96. The van der Waals surface area contributed by atoms with Crippen LogP contribution in [-0.2, 0) is 31.4 Å². The van der Waals surface area contributed by atoms with Crippen molar-refractivity contribution in [2.45, 2.75) is 33.4 Å². The molecule has 0 aromatic carbocycles. The van der Waals surface area contributed by atoms with Crippen molar-refractivity contribution in [1.29, 1.82) is 0 Å². The molecule has 3 rings (SSSR count). The van der Waals surface area contributed by atoms with Crippen LogP contribution in [-0.4, -0.2) is 25.5 Å². The van der Waals surface area contributed by atoms with Crippen molar-refractivity contribution in [1.82, 2.24) is 19.6 Å². The van der Waals surface area contributed by atoms with Gasteiger partial charge in [-0.3, -0.25) is 14.2 Å². The van der Waals surface area contributed by atoms with Crippen LogP contribution < -0.4 is 5.56 Å². The summed E-state index contributed by atoms with van der Waals surface area (Å²) in [6, 6.07) is 1.74. The molecule has 2 aromatic rings. The zero-order valence-electron chi connectivity index (χ0n) is 12.2. The van der Waals surface area contributed by atoms with Crippen molar-refractivity contribution in [2.75, 3.05) is 0 Å². The topological polar surface area (TPSA) is 81.2 Å². The highest BCUT2D eigenvalue weighted by atomic mass is 16.5. The minimum atomic E-state index is -0.0937. The molecule has 0 unspecified atom stereocenters. The van der Waals surface area contributed by atoms with Crippen LogP contribution in [0.4, 0.5) is 0 Å². The largest absolute Gasteiger partial charge is 0.361 e. The number of carbonyl (C=O) groups excluding carboxylic acids is 1. The van der Waals surface area contributed by atoms with Gasteiger partial charge < -0.3 is 9.42 Å². The number of aromatic nitrogens is 3. The van der Waals surface area contributed by atoms with Gasteiger partial charge in [-0.25, -0.2) is 4.98 Å². The average molecular weight is 288 g/mol. The van der Waals surface area contributed by atoms with Crippen molar-refractivity contribution >= 4 is 5.91 Å². The van der Waals surface area contributed by atoms with Crippen LogP contribution in [0.15, 0.2) is 15.4 Å². The SMILES string of the molecule is Cc1cc(CC(=O)N2Cc3nc(C)n(C)c(=O)c3C2)on1. The maximum atomic E-state index is 12.3. The molecule has 110 valence electrons. The van der Waals surface area contributed by atoms with Crippen LogP contribution in [0.5, 0.6) is 0 Å². The summed E-state index contributed by atoms with van der Waals surface area (Å²) in [5.74, 6) is 1.09. The third-order valence-corrected chi connectivity index (χ3v) is 3.74. The summed E-state index contributed by atoms with van der Waals surface area (Å²) < 4.78 is 6.56. The van der Waals surface area contributed by atoms with E-state index in [4.69, 9.17) is 4.52 Å². The van der Waals surface area contributed by atoms with Gasteiger partial charge in [0.25, 0.3) is 5.56 Å². The molecular weight excluding hydrogens is 272 g/mol. The monoisotopic (exact) mass is 288 g/mol. The average Bonchev–Trinajstić information content (AvgIpc) is 3.03. The zero-order valence-corrected chi connectivity index (χ0v) is 12.2.